The van der Waals surface area contributed by atoms with E-state index in [9.17, 15) is 5.26 Å². The van der Waals surface area contributed by atoms with Crippen LogP contribution >= 0.6 is 0 Å². The molecule has 98 valence electrons. The predicted octanol–water partition coefficient (Wildman–Crippen LogP) is 1.75. The smallest absolute Gasteiger partial charge is 0.133 e. The molecule has 0 aliphatic carbocycles. The van der Waals surface area contributed by atoms with E-state index in [-0.39, 0.29) is 6.04 Å². The molecule has 0 radical (unpaired) electrons. The number of anilines is 2. The molecule has 18 heavy (non-hydrogen) atoms. The van der Waals surface area contributed by atoms with Crippen LogP contribution in [0.1, 0.15) is 32.0 Å². The zero-order valence-corrected chi connectivity index (χ0v) is 11.0. The van der Waals surface area contributed by atoms with Crippen LogP contribution in [-0.2, 0) is 4.74 Å². The zero-order chi connectivity index (χ0) is 13.1. The lowest BCUT2D eigenvalue weighted by Gasteiger charge is -2.31. The van der Waals surface area contributed by atoms with Crippen LogP contribution in [0.25, 0.3) is 0 Å². The fourth-order valence-corrected chi connectivity index (χ4v) is 2.36. The van der Waals surface area contributed by atoms with Gasteiger partial charge in [-0.25, -0.2) is 0 Å². The van der Waals surface area contributed by atoms with Crippen molar-refractivity contribution >= 4 is 11.5 Å². The highest BCUT2D eigenvalue weighted by Gasteiger charge is 2.23. The first kappa shape index (κ1) is 12.8. The van der Waals surface area contributed by atoms with Gasteiger partial charge in [-0.15, -0.1) is 0 Å². The summed E-state index contributed by atoms with van der Waals surface area (Å²) in [7, 11) is 0. The highest BCUT2D eigenvalue weighted by Crippen LogP contribution is 2.32. The molecule has 2 rings (SSSR count). The van der Waals surface area contributed by atoms with Crippen molar-refractivity contribution in [3.63, 3.8) is 0 Å². The first-order chi connectivity index (χ1) is 8.69. The monoisotopic (exact) mass is 248 g/mol. The van der Waals surface area contributed by atoms with Crippen LogP contribution in [0.5, 0.6) is 0 Å². The van der Waals surface area contributed by atoms with Crippen molar-refractivity contribution in [1.29, 1.82) is 5.26 Å². The Morgan fingerprint density at radius 1 is 1.50 bits per heavy atom. The second-order valence-corrected chi connectivity index (χ2v) is 4.65. The Labute approximate surface area is 108 Å². The van der Waals surface area contributed by atoms with Gasteiger partial charge in [0.25, 0.3) is 0 Å². The molecule has 1 aromatic heterocycles. The van der Waals surface area contributed by atoms with Gasteiger partial charge >= 0.3 is 0 Å². The summed E-state index contributed by atoms with van der Waals surface area (Å²) in [5, 5.41) is 9.23. The van der Waals surface area contributed by atoms with Gasteiger partial charge in [0.15, 0.2) is 0 Å². The first-order valence-corrected chi connectivity index (χ1v) is 6.42. The van der Waals surface area contributed by atoms with Gasteiger partial charge in [-0.1, -0.05) is 6.92 Å². The van der Waals surface area contributed by atoms with E-state index in [1.807, 2.05) is 0 Å². The fraction of sp³-hybridized carbons (Fsp3) is 0.615. The van der Waals surface area contributed by atoms with Crippen molar-refractivity contribution in [3.8, 4) is 6.07 Å². The predicted molar refractivity (Wildman–Crippen MR) is 71.6 cm³/mol. The van der Waals surface area contributed by atoms with E-state index in [0.29, 0.717) is 24.6 Å². The van der Waals surface area contributed by atoms with Crippen molar-refractivity contribution in [2.75, 3.05) is 36.9 Å². The molecule has 5 nitrogen and oxygen atoms in total. The van der Waals surface area contributed by atoms with Gasteiger partial charge in [-0.3, -0.25) is 0 Å². The van der Waals surface area contributed by atoms with Crippen LogP contribution in [0.15, 0.2) is 6.07 Å². The second-order valence-electron chi connectivity index (χ2n) is 4.65. The molecule has 2 N–H and O–H groups in total. The third-order valence-corrected chi connectivity index (χ3v) is 3.49. The summed E-state index contributed by atoms with van der Waals surface area (Å²) in [6.07, 6.45) is 0.972. The maximum Gasteiger partial charge on any atom is 0.133 e. The second kappa shape index (κ2) is 5.32. The maximum atomic E-state index is 9.23. The average molecular weight is 248 g/mol. The molecule has 1 aromatic rings. The summed E-state index contributed by atoms with van der Waals surface area (Å²) in [6.45, 7) is 7.32. The molecule has 1 aliphatic rings. The molecule has 0 amide bonds. The number of nitrogens with zero attached hydrogens (tertiary/aromatic N) is 3. The van der Waals surface area contributed by atoms with Gasteiger partial charge < -0.3 is 19.9 Å². The number of rotatable bonds is 3. The van der Waals surface area contributed by atoms with Crippen LogP contribution in [0.4, 0.5) is 11.5 Å². The highest BCUT2D eigenvalue weighted by atomic mass is 16.5. The molecule has 1 atom stereocenters. The van der Waals surface area contributed by atoms with Gasteiger partial charge in [0.05, 0.1) is 18.9 Å². The van der Waals surface area contributed by atoms with Crippen LogP contribution in [0.2, 0.25) is 0 Å². The van der Waals surface area contributed by atoms with Crippen molar-refractivity contribution in [1.82, 2.24) is 4.57 Å². The molecule has 2 heterocycles. The number of hydrogen-bond acceptors (Lipinski definition) is 4. The van der Waals surface area contributed by atoms with Crippen molar-refractivity contribution < 1.29 is 4.74 Å². The Hall–Kier alpha value is -1.67. The molecular formula is C13H20N4O. The van der Waals surface area contributed by atoms with Crippen LogP contribution < -0.4 is 10.6 Å². The summed E-state index contributed by atoms with van der Waals surface area (Å²) >= 11 is 0. The molecule has 0 bridgehead atoms. The molecule has 0 unspecified atom stereocenters. The van der Waals surface area contributed by atoms with Gasteiger partial charge in [0.1, 0.15) is 17.6 Å². The standard InChI is InChI=1S/C13H20N4O/c1-3-10(2)17-11(9-14)8-12(15)13(17)16-4-6-18-7-5-16/h8,10H,3-7,15H2,1-2H3/t10-/m1/s1. The summed E-state index contributed by atoms with van der Waals surface area (Å²) in [5.41, 5.74) is 7.42. The number of ether oxygens (including phenoxy) is 1. The molecule has 5 heteroatoms. The minimum Gasteiger partial charge on any atom is -0.396 e. The Kier molecular flexibility index (Phi) is 3.78. The third-order valence-electron chi connectivity index (χ3n) is 3.49. The number of nitrogen functional groups attached to an aromatic ring is 1. The maximum absolute atomic E-state index is 9.23. The van der Waals surface area contributed by atoms with Gasteiger partial charge in [-0.2, -0.15) is 5.26 Å². The van der Waals surface area contributed by atoms with E-state index in [1.165, 1.54) is 0 Å². The number of nitriles is 1. The lowest BCUT2D eigenvalue weighted by Crippen LogP contribution is -2.38. The minimum absolute atomic E-state index is 0.273. The number of nitrogens with two attached hydrogens (primary N) is 1. The Balaban J connectivity index is 2.44. The summed E-state index contributed by atoms with van der Waals surface area (Å²) < 4.78 is 7.42. The van der Waals surface area contributed by atoms with Gasteiger partial charge in [-0.05, 0) is 19.4 Å². The Bertz CT molecular complexity index is 454. The van der Waals surface area contributed by atoms with E-state index in [2.05, 4.69) is 29.4 Å². The molecular weight excluding hydrogens is 228 g/mol. The van der Waals surface area contributed by atoms with E-state index < -0.39 is 0 Å². The Morgan fingerprint density at radius 3 is 2.72 bits per heavy atom. The molecule has 0 aromatic carbocycles. The van der Waals surface area contributed by atoms with Crippen molar-refractivity contribution in [2.45, 2.75) is 26.3 Å². The fourth-order valence-electron chi connectivity index (χ4n) is 2.36. The van der Waals surface area contributed by atoms with Crippen molar-refractivity contribution in [2.24, 2.45) is 0 Å². The lowest BCUT2D eigenvalue weighted by molar-refractivity contribution is 0.122. The number of hydrogen-bond donors (Lipinski definition) is 1. The topological polar surface area (TPSA) is 67.2 Å². The third kappa shape index (κ3) is 2.16. The molecule has 0 spiro atoms. The quantitative estimate of drug-likeness (QED) is 0.885. The number of morpholine rings is 1. The van der Waals surface area contributed by atoms with E-state index in [4.69, 9.17) is 10.5 Å². The highest BCUT2D eigenvalue weighted by molar-refractivity contribution is 5.68. The van der Waals surface area contributed by atoms with E-state index >= 15 is 0 Å². The molecule has 1 aliphatic heterocycles. The van der Waals surface area contributed by atoms with Crippen LogP contribution in [-0.4, -0.2) is 30.9 Å². The van der Waals surface area contributed by atoms with Gasteiger partial charge in [0, 0.05) is 19.1 Å². The average Bonchev–Trinajstić information content (AvgIpc) is 2.75. The van der Waals surface area contributed by atoms with E-state index in [0.717, 1.165) is 25.3 Å². The van der Waals surface area contributed by atoms with E-state index in [1.54, 1.807) is 6.07 Å². The summed E-state index contributed by atoms with van der Waals surface area (Å²) in [5.74, 6) is 0.976. The summed E-state index contributed by atoms with van der Waals surface area (Å²) in [4.78, 5) is 2.21. The minimum atomic E-state index is 0.273. The first-order valence-electron chi connectivity index (χ1n) is 6.42. The van der Waals surface area contributed by atoms with Crippen molar-refractivity contribution in [3.05, 3.63) is 11.8 Å². The molecule has 0 saturated carbocycles. The molecule has 1 fully saturated rings. The molecule has 1 saturated heterocycles. The largest absolute Gasteiger partial charge is 0.396 e. The van der Waals surface area contributed by atoms with Crippen LogP contribution in [0, 0.1) is 11.3 Å². The van der Waals surface area contributed by atoms with Gasteiger partial charge in [0.2, 0.25) is 0 Å². The lowest BCUT2D eigenvalue weighted by atomic mass is 10.2. The normalized spacial score (nSPS) is 17.5. The van der Waals surface area contributed by atoms with Crippen LogP contribution in [0.3, 0.4) is 0 Å². The Morgan fingerprint density at radius 2 is 2.17 bits per heavy atom. The zero-order valence-electron chi connectivity index (χ0n) is 11.0. The summed E-state index contributed by atoms with van der Waals surface area (Å²) in [6, 6.07) is 4.28. The SMILES string of the molecule is CC[C@@H](C)n1c(C#N)cc(N)c1N1CCOCC1. The number of aromatic nitrogens is 1.